The van der Waals surface area contributed by atoms with Crippen LogP contribution in [-0.2, 0) is 6.54 Å². The van der Waals surface area contributed by atoms with Crippen LogP contribution in [0, 0.1) is 0 Å². The van der Waals surface area contributed by atoms with E-state index in [1.54, 1.807) is 0 Å². The van der Waals surface area contributed by atoms with Crippen LogP contribution in [0.1, 0.15) is 44.6 Å². The van der Waals surface area contributed by atoms with Crippen LogP contribution in [-0.4, -0.2) is 17.6 Å². The fourth-order valence-corrected chi connectivity index (χ4v) is 1.98. The smallest absolute Gasteiger partial charge is 0.232 e. The van der Waals surface area contributed by atoms with E-state index in [1.807, 2.05) is 12.3 Å². The van der Waals surface area contributed by atoms with Crippen molar-refractivity contribution < 1.29 is 4.74 Å². The van der Waals surface area contributed by atoms with Crippen molar-refractivity contribution in [1.29, 1.82) is 0 Å². The summed E-state index contributed by atoms with van der Waals surface area (Å²) in [7, 11) is 0. The number of hydrogen-bond acceptors (Lipinski definition) is 3. The Morgan fingerprint density at radius 1 is 1.44 bits per heavy atom. The average Bonchev–Trinajstić information content (AvgIpc) is 3.18. The zero-order valence-electron chi connectivity index (χ0n) is 10.9. The van der Waals surface area contributed by atoms with Gasteiger partial charge in [-0.3, -0.25) is 0 Å². The molecule has 100 valence electrons. The fourth-order valence-electron chi connectivity index (χ4n) is 1.74. The van der Waals surface area contributed by atoms with E-state index in [0.29, 0.717) is 23.6 Å². The number of nitrogens with zero attached hydrogens (tertiary/aromatic N) is 1. The topological polar surface area (TPSA) is 34.1 Å². The molecule has 1 aliphatic rings. The third kappa shape index (κ3) is 4.46. The van der Waals surface area contributed by atoms with E-state index in [2.05, 4.69) is 17.2 Å². The summed E-state index contributed by atoms with van der Waals surface area (Å²) in [6.45, 7) is 3.71. The Hall–Kier alpha value is -0.800. The van der Waals surface area contributed by atoms with Crippen LogP contribution in [0.25, 0.3) is 0 Å². The predicted molar refractivity (Wildman–Crippen MR) is 74.1 cm³/mol. The van der Waals surface area contributed by atoms with Crippen molar-refractivity contribution in [2.45, 2.75) is 51.6 Å². The number of rotatable bonds is 8. The van der Waals surface area contributed by atoms with Gasteiger partial charge in [0.2, 0.25) is 5.88 Å². The minimum absolute atomic E-state index is 0.558. The number of pyridine rings is 1. The Kier molecular flexibility index (Phi) is 5.26. The lowest BCUT2D eigenvalue weighted by Crippen LogP contribution is -2.15. The molecule has 4 heteroatoms. The average molecular weight is 269 g/mol. The van der Waals surface area contributed by atoms with Gasteiger partial charge < -0.3 is 10.1 Å². The van der Waals surface area contributed by atoms with Crippen LogP contribution in [0.2, 0.25) is 5.02 Å². The number of nitrogens with one attached hydrogen (secondary N) is 1. The molecule has 0 amide bonds. The van der Waals surface area contributed by atoms with E-state index >= 15 is 0 Å². The Labute approximate surface area is 114 Å². The first-order chi connectivity index (χ1) is 8.79. The first-order valence-electron chi connectivity index (χ1n) is 6.80. The van der Waals surface area contributed by atoms with Crippen molar-refractivity contribution in [2.24, 2.45) is 0 Å². The van der Waals surface area contributed by atoms with Gasteiger partial charge in [-0.1, -0.05) is 31.4 Å². The fraction of sp³-hybridized carbons (Fsp3) is 0.643. The summed E-state index contributed by atoms with van der Waals surface area (Å²) in [6, 6.07) is 2.65. The van der Waals surface area contributed by atoms with E-state index in [1.165, 1.54) is 25.7 Å². The molecule has 1 saturated carbocycles. The van der Waals surface area contributed by atoms with E-state index in [4.69, 9.17) is 16.3 Å². The lowest BCUT2D eigenvalue weighted by Gasteiger charge is -2.08. The van der Waals surface area contributed by atoms with Crippen molar-refractivity contribution in [1.82, 2.24) is 10.3 Å². The first kappa shape index (κ1) is 13.6. The molecule has 0 aliphatic heterocycles. The third-order valence-electron chi connectivity index (χ3n) is 3.02. The molecule has 0 radical (unpaired) electrons. The third-order valence-corrected chi connectivity index (χ3v) is 3.29. The zero-order chi connectivity index (χ0) is 12.8. The first-order valence-corrected chi connectivity index (χ1v) is 7.18. The summed E-state index contributed by atoms with van der Waals surface area (Å²) in [6.07, 6.45) is 7.85. The molecule has 3 nitrogen and oxygen atoms in total. The van der Waals surface area contributed by atoms with Gasteiger partial charge in [-0.2, -0.15) is 0 Å². The van der Waals surface area contributed by atoms with Crippen LogP contribution >= 0.6 is 11.6 Å². The second kappa shape index (κ2) is 6.95. The van der Waals surface area contributed by atoms with Crippen LogP contribution in [0.3, 0.4) is 0 Å². The number of unbranched alkanes of at least 4 members (excludes halogenated alkanes) is 2. The standard InChI is InChI=1S/C14H21ClN2O/c1-2-3-4-7-18-14-13(15)8-11(10-17-14)9-16-12-5-6-12/h8,10,12,16H,2-7,9H2,1H3. The lowest BCUT2D eigenvalue weighted by molar-refractivity contribution is 0.295. The molecular formula is C14H21ClN2O. The lowest BCUT2D eigenvalue weighted by atomic mass is 10.2. The minimum Gasteiger partial charge on any atom is -0.477 e. The molecule has 0 unspecified atom stereocenters. The SMILES string of the molecule is CCCCCOc1ncc(CNC2CC2)cc1Cl. The molecular weight excluding hydrogens is 248 g/mol. The molecule has 1 fully saturated rings. The van der Waals surface area contributed by atoms with Gasteiger partial charge in [0.05, 0.1) is 6.61 Å². The molecule has 2 rings (SSSR count). The van der Waals surface area contributed by atoms with Crippen molar-refractivity contribution in [2.75, 3.05) is 6.61 Å². The van der Waals surface area contributed by atoms with Crippen molar-refractivity contribution in [3.63, 3.8) is 0 Å². The molecule has 1 aromatic rings. The maximum atomic E-state index is 6.16. The summed E-state index contributed by atoms with van der Waals surface area (Å²) in [5.41, 5.74) is 1.12. The largest absolute Gasteiger partial charge is 0.477 e. The van der Waals surface area contributed by atoms with Gasteiger partial charge in [0, 0.05) is 18.8 Å². The van der Waals surface area contributed by atoms with E-state index in [-0.39, 0.29) is 0 Å². The van der Waals surface area contributed by atoms with Gasteiger partial charge in [0.1, 0.15) is 5.02 Å². The highest BCUT2D eigenvalue weighted by Crippen LogP contribution is 2.24. The van der Waals surface area contributed by atoms with Gasteiger partial charge in [0.15, 0.2) is 0 Å². The maximum Gasteiger partial charge on any atom is 0.232 e. The van der Waals surface area contributed by atoms with Crippen LogP contribution in [0.5, 0.6) is 5.88 Å². The molecule has 0 aromatic carbocycles. The second-order valence-corrected chi connectivity index (χ2v) is 5.25. The van der Waals surface area contributed by atoms with Gasteiger partial charge >= 0.3 is 0 Å². The molecule has 0 bridgehead atoms. The Morgan fingerprint density at radius 3 is 2.94 bits per heavy atom. The highest BCUT2D eigenvalue weighted by molar-refractivity contribution is 6.31. The van der Waals surface area contributed by atoms with E-state index in [9.17, 15) is 0 Å². The van der Waals surface area contributed by atoms with Gasteiger partial charge in [-0.05, 0) is 30.9 Å². The zero-order valence-corrected chi connectivity index (χ0v) is 11.7. The Balaban J connectivity index is 1.79. The molecule has 1 aliphatic carbocycles. The van der Waals surface area contributed by atoms with Gasteiger partial charge in [-0.25, -0.2) is 4.98 Å². The summed E-state index contributed by atoms with van der Waals surface area (Å²) in [5.74, 6) is 0.558. The molecule has 1 heterocycles. The van der Waals surface area contributed by atoms with Crippen LogP contribution in [0.4, 0.5) is 0 Å². The second-order valence-electron chi connectivity index (χ2n) is 4.84. The number of aromatic nitrogens is 1. The van der Waals surface area contributed by atoms with Crippen molar-refractivity contribution in [3.8, 4) is 5.88 Å². The van der Waals surface area contributed by atoms with Crippen LogP contribution in [0.15, 0.2) is 12.3 Å². The maximum absolute atomic E-state index is 6.16. The van der Waals surface area contributed by atoms with Gasteiger partial charge in [0.25, 0.3) is 0 Å². The highest BCUT2D eigenvalue weighted by atomic mass is 35.5. The molecule has 0 saturated heterocycles. The predicted octanol–water partition coefficient (Wildman–Crippen LogP) is 3.56. The number of hydrogen-bond donors (Lipinski definition) is 1. The van der Waals surface area contributed by atoms with Crippen LogP contribution < -0.4 is 10.1 Å². The highest BCUT2D eigenvalue weighted by Gasteiger charge is 2.20. The Bertz CT molecular complexity index is 380. The minimum atomic E-state index is 0.558. The molecule has 0 spiro atoms. The summed E-state index contributed by atoms with van der Waals surface area (Å²) < 4.78 is 5.57. The number of halogens is 1. The van der Waals surface area contributed by atoms with Crippen molar-refractivity contribution >= 4 is 11.6 Å². The molecule has 0 atom stereocenters. The summed E-state index contributed by atoms with van der Waals surface area (Å²) in [4.78, 5) is 4.28. The monoisotopic (exact) mass is 268 g/mol. The normalized spacial score (nSPS) is 14.8. The summed E-state index contributed by atoms with van der Waals surface area (Å²) in [5, 5.41) is 4.05. The number of ether oxygens (including phenoxy) is 1. The summed E-state index contributed by atoms with van der Waals surface area (Å²) >= 11 is 6.16. The van der Waals surface area contributed by atoms with E-state index in [0.717, 1.165) is 18.5 Å². The molecule has 1 N–H and O–H groups in total. The van der Waals surface area contributed by atoms with E-state index < -0.39 is 0 Å². The molecule has 18 heavy (non-hydrogen) atoms. The van der Waals surface area contributed by atoms with Gasteiger partial charge in [-0.15, -0.1) is 0 Å². The molecule has 1 aromatic heterocycles. The quantitative estimate of drug-likeness (QED) is 0.732. The van der Waals surface area contributed by atoms with Crippen molar-refractivity contribution in [3.05, 3.63) is 22.8 Å². The Morgan fingerprint density at radius 2 is 2.28 bits per heavy atom.